The lowest BCUT2D eigenvalue weighted by Crippen LogP contribution is -2.29. The molecule has 2 heterocycles. The average Bonchev–Trinajstić information content (AvgIpc) is 3.26. The zero-order valence-corrected chi connectivity index (χ0v) is 20.3. The number of rotatable bonds is 10. The maximum atomic E-state index is 12.7. The van der Waals surface area contributed by atoms with Crippen LogP contribution in [0.3, 0.4) is 0 Å². The number of hydrogen-bond donors (Lipinski definition) is 1. The second-order valence-electron chi connectivity index (χ2n) is 8.16. The van der Waals surface area contributed by atoms with Crippen LogP contribution in [0.4, 0.5) is 0 Å². The van der Waals surface area contributed by atoms with E-state index >= 15 is 0 Å². The number of aryl methyl sites for hydroxylation is 1. The standard InChI is InChI=1S/C28H30N4O3/c1-4-9-21-13-14-25(26(18-21)34-3)35-17-8-16-32-24-12-6-5-11-23(24)31-27(32)20(2)30-28(33)22-10-7-15-29-19-22/h4-7,9-15,18-20H,8,16-17H2,1-3H3,(H,30,33)/b9-4+. The van der Waals surface area contributed by atoms with Crippen LogP contribution in [0.15, 0.2) is 73.1 Å². The Morgan fingerprint density at radius 3 is 2.77 bits per heavy atom. The number of pyridine rings is 1. The third-order valence-corrected chi connectivity index (χ3v) is 5.67. The fraction of sp³-hybridized carbons (Fsp3) is 0.250. The second-order valence-corrected chi connectivity index (χ2v) is 8.16. The van der Waals surface area contributed by atoms with E-state index in [1.807, 2.05) is 68.5 Å². The second kappa shape index (κ2) is 11.3. The van der Waals surface area contributed by atoms with Gasteiger partial charge in [0.05, 0.1) is 36.4 Å². The number of allylic oxidation sites excluding steroid dienone is 1. The van der Waals surface area contributed by atoms with Crippen molar-refractivity contribution in [3.63, 3.8) is 0 Å². The van der Waals surface area contributed by atoms with E-state index in [2.05, 4.69) is 14.9 Å². The minimum atomic E-state index is -0.282. The summed E-state index contributed by atoms with van der Waals surface area (Å²) in [5, 5.41) is 3.05. The summed E-state index contributed by atoms with van der Waals surface area (Å²) in [6.07, 6.45) is 7.97. The van der Waals surface area contributed by atoms with Crippen LogP contribution in [-0.2, 0) is 6.54 Å². The van der Waals surface area contributed by atoms with Crippen LogP contribution in [0.5, 0.6) is 11.5 Å². The van der Waals surface area contributed by atoms with E-state index in [0.29, 0.717) is 30.2 Å². The van der Waals surface area contributed by atoms with Gasteiger partial charge in [-0.1, -0.05) is 30.4 Å². The number of fused-ring (bicyclic) bond motifs is 1. The number of carbonyl (C=O) groups excluding carboxylic acids is 1. The van der Waals surface area contributed by atoms with Crippen molar-refractivity contribution in [1.29, 1.82) is 0 Å². The monoisotopic (exact) mass is 470 g/mol. The van der Waals surface area contributed by atoms with Gasteiger partial charge in [-0.05, 0) is 62.2 Å². The molecule has 0 aliphatic heterocycles. The van der Waals surface area contributed by atoms with Crippen LogP contribution in [0.25, 0.3) is 17.1 Å². The number of para-hydroxylation sites is 2. The minimum absolute atomic E-state index is 0.180. The van der Waals surface area contributed by atoms with E-state index in [-0.39, 0.29) is 11.9 Å². The molecule has 1 unspecified atom stereocenters. The van der Waals surface area contributed by atoms with E-state index in [1.54, 1.807) is 31.6 Å². The Hall–Kier alpha value is -4.13. The zero-order valence-electron chi connectivity index (χ0n) is 20.3. The van der Waals surface area contributed by atoms with Crippen LogP contribution in [0.1, 0.15) is 48.1 Å². The Bertz CT molecular complexity index is 1310. The van der Waals surface area contributed by atoms with Gasteiger partial charge in [0, 0.05) is 18.9 Å². The maximum Gasteiger partial charge on any atom is 0.253 e. The summed E-state index contributed by atoms with van der Waals surface area (Å²) in [4.78, 5) is 21.5. The summed E-state index contributed by atoms with van der Waals surface area (Å²) in [7, 11) is 1.65. The molecule has 0 saturated heterocycles. The molecule has 1 N–H and O–H groups in total. The molecule has 2 aromatic carbocycles. The van der Waals surface area contributed by atoms with Gasteiger partial charge in [0.25, 0.3) is 5.91 Å². The van der Waals surface area contributed by atoms with Gasteiger partial charge < -0.3 is 19.4 Å². The SMILES string of the molecule is C/C=C/c1ccc(OCCCn2c(C(C)NC(=O)c3cccnc3)nc3ccccc32)c(OC)c1. The lowest BCUT2D eigenvalue weighted by atomic mass is 10.2. The number of carbonyl (C=O) groups is 1. The third kappa shape index (κ3) is 5.69. The molecule has 2 aromatic heterocycles. The fourth-order valence-electron chi connectivity index (χ4n) is 4.01. The predicted molar refractivity (Wildman–Crippen MR) is 138 cm³/mol. The molecule has 7 nitrogen and oxygen atoms in total. The van der Waals surface area contributed by atoms with Crippen molar-refractivity contribution in [3.8, 4) is 11.5 Å². The highest BCUT2D eigenvalue weighted by atomic mass is 16.5. The lowest BCUT2D eigenvalue weighted by molar-refractivity contribution is 0.0937. The number of methoxy groups -OCH3 is 1. The Balaban J connectivity index is 1.46. The van der Waals surface area contributed by atoms with Gasteiger partial charge in [-0.2, -0.15) is 0 Å². The quantitative estimate of drug-likeness (QED) is 0.313. The molecule has 180 valence electrons. The number of ether oxygens (including phenoxy) is 2. The summed E-state index contributed by atoms with van der Waals surface area (Å²) in [6, 6.07) is 17.1. The minimum Gasteiger partial charge on any atom is -0.493 e. The summed E-state index contributed by atoms with van der Waals surface area (Å²) in [5.41, 5.74) is 3.50. The van der Waals surface area contributed by atoms with Gasteiger partial charge in [0.2, 0.25) is 0 Å². The number of nitrogens with one attached hydrogen (secondary N) is 1. The molecular formula is C28H30N4O3. The molecule has 4 aromatic rings. The molecule has 7 heteroatoms. The highest BCUT2D eigenvalue weighted by Crippen LogP contribution is 2.29. The van der Waals surface area contributed by atoms with Crippen LogP contribution in [0.2, 0.25) is 0 Å². The van der Waals surface area contributed by atoms with Crippen LogP contribution >= 0.6 is 0 Å². The molecule has 1 atom stereocenters. The van der Waals surface area contributed by atoms with Gasteiger partial charge in [-0.15, -0.1) is 0 Å². The number of hydrogen-bond acceptors (Lipinski definition) is 5. The van der Waals surface area contributed by atoms with E-state index in [0.717, 1.165) is 28.8 Å². The van der Waals surface area contributed by atoms with Crippen molar-refractivity contribution in [1.82, 2.24) is 19.9 Å². The highest BCUT2D eigenvalue weighted by Gasteiger charge is 2.19. The fourth-order valence-corrected chi connectivity index (χ4v) is 4.01. The highest BCUT2D eigenvalue weighted by molar-refractivity contribution is 5.94. The van der Waals surface area contributed by atoms with Gasteiger partial charge in [0.15, 0.2) is 11.5 Å². The van der Waals surface area contributed by atoms with Gasteiger partial charge >= 0.3 is 0 Å². The zero-order chi connectivity index (χ0) is 24.6. The summed E-state index contributed by atoms with van der Waals surface area (Å²) in [5.74, 6) is 2.05. The Labute approximate surface area is 205 Å². The number of imidazole rings is 1. The first kappa shape index (κ1) is 24.0. The van der Waals surface area contributed by atoms with Crippen molar-refractivity contribution >= 4 is 23.0 Å². The molecule has 1 amide bonds. The van der Waals surface area contributed by atoms with E-state index in [1.165, 1.54) is 0 Å². The molecule has 0 bridgehead atoms. The lowest BCUT2D eigenvalue weighted by Gasteiger charge is -2.17. The molecular weight excluding hydrogens is 440 g/mol. The Kier molecular flexibility index (Phi) is 7.77. The van der Waals surface area contributed by atoms with Gasteiger partial charge in [-0.25, -0.2) is 4.98 Å². The van der Waals surface area contributed by atoms with Crippen molar-refractivity contribution in [2.75, 3.05) is 13.7 Å². The molecule has 0 spiro atoms. The number of aromatic nitrogens is 3. The van der Waals surface area contributed by atoms with Crippen molar-refractivity contribution in [2.24, 2.45) is 0 Å². The molecule has 4 rings (SSSR count). The molecule has 0 aliphatic rings. The molecule has 0 radical (unpaired) electrons. The Morgan fingerprint density at radius 1 is 1.14 bits per heavy atom. The van der Waals surface area contributed by atoms with Crippen LogP contribution in [-0.4, -0.2) is 34.2 Å². The van der Waals surface area contributed by atoms with Crippen molar-refractivity contribution in [2.45, 2.75) is 32.9 Å². The molecule has 0 saturated carbocycles. The summed E-state index contributed by atoms with van der Waals surface area (Å²) >= 11 is 0. The van der Waals surface area contributed by atoms with Crippen molar-refractivity contribution in [3.05, 3.63) is 90.0 Å². The average molecular weight is 471 g/mol. The number of nitrogens with zero attached hydrogens (tertiary/aromatic N) is 3. The normalized spacial score (nSPS) is 12.1. The van der Waals surface area contributed by atoms with Crippen molar-refractivity contribution < 1.29 is 14.3 Å². The molecule has 35 heavy (non-hydrogen) atoms. The first-order chi connectivity index (χ1) is 17.1. The number of benzene rings is 2. The van der Waals surface area contributed by atoms with Gasteiger partial charge in [0.1, 0.15) is 5.82 Å². The van der Waals surface area contributed by atoms with Crippen LogP contribution in [0, 0.1) is 0 Å². The largest absolute Gasteiger partial charge is 0.493 e. The van der Waals surface area contributed by atoms with E-state index < -0.39 is 0 Å². The van der Waals surface area contributed by atoms with Crippen LogP contribution < -0.4 is 14.8 Å². The maximum absolute atomic E-state index is 12.7. The topological polar surface area (TPSA) is 78.3 Å². The molecule has 0 aliphatic carbocycles. The van der Waals surface area contributed by atoms with E-state index in [4.69, 9.17) is 14.5 Å². The first-order valence-electron chi connectivity index (χ1n) is 11.7. The molecule has 0 fully saturated rings. The summed E-state index contributed by atoms with van der Waals surface area (Å²) < 4.78 is 13.7. The summed E-state index contributed by atoms with van der Waals surface area (Å²) in [6.45, 7) is 5.14. The Morgan fingerprint density at radius 2 is 2.00 bits per heavy atom. The van der Waals surface area contributed by atoms with Gasteiger partial charge in [-0.3, -0.25) is 9.78 Å². The predicted octanol–water partition coefficient (Wildman–Crippen LogP) is 5.43. The van der Waals surface area contributed by atoms with E-state index in [9.17, 15) is 4.79 Å². The smallest absolute Gasteiger partial charge is 0.253 e. The first-order valence-corrected chi connectivity index (χ1v) is 11.7. The third-order valence-electron chi connectivity index (χ3n) is 5.67. The number of amides is 1.